The van der Waals surface area contributed by atoms with Crippen molar-refractivity contribution in [3.8, 4) is 0 Å². The molecule has 2 saturated carbocycles. The Morgan fingerprint density at radius 2 is 1.21 bits per heavy atom. The Morgan fingerprint density at radius 3 is 1.74 bits per heavy atom. The Hall–Kier alpha value is -2.17. The van der Waals surface area contributed by atoms with Crippen molar-refractivity contribution in [1.29, 1.82) is 0 Å². The van der Waals surface area contributed by atoms with Crippen molar-refractivity contribution in [3.05, 3.63) is 70.5 Å². The predicted molar refractivity (Wildman–Crippen MR) is 127 cm³/mol. The standard InChI is InChI=1S/C29H33F5/c1-2-3-18-4-6-19(7-5-18)20-8-10-21(11-9-20)22-12-14-23(15-13-22)27(32)28(33)24-16-25(30)29(34)26(31)17-24/h12-21H,2-11H2,1H3/b28-27+. The van der Waals surface area contributed by atoms with Crippen LogP contribution in [0.2, 0.25) is 0 Å². The Bertz CT molecular complexity index is 971. The van der Waals surface area contributed by atoms with Crippen LogP contribution < -0.4 is 0 Å². The molecule has 0 heterocycles. The third kappa shape index (κ3) is 5.55. The molecule has 0 bridgehead atoms. The Kier molecular flexibility index (Phi) is 8.10. The maximum absolute atomic E-state index is 14.7. The maximum Gasteiger partial charge on any atom is 0.194 e. The van der Waals surface area contributed by atoms with Gasteiger partial charge in [-0.25, -0.2) is 22.0 Å². The van der Waals surface area contributed by atoms with Crippen molar-refractivity contribution < 1.29 is 22.0 Å². The molecule has 0 amide bonds. The summed E-state index contributed by atoms with van der Waals surface area (Å²) < 4.78 is 69.0. The predicted octanol–water partition coefficient (Wildman–Crippen LogP) is 9.75. The number of rotatable bonds is 6. The lowest BCUT2D eigenvalue weighted by molar-refractivity contribution is 0.156. The summed E-state index contributed by atoms with van der Waals surface area (Å²) in [6, 6.07) is 7.54. The van der Waals surface area contributed by atoms with Gasteiger partial charge in [0.1, 0.15) is 0 Å². The van der Waals surface area contributed by atoms with E-state index in [1.807, 2.05) is 12.1 Å². The fourth-order valence-corrected chi connectivity index (χ4v) is 6.12. The van der Waals surface area contributed by atoms with Crippen LogP contribution in [-0.2, 0) is 0 Å². The van der Waals surface area contributed by atoms with E-state index in [0.29, 0.717) is 18.1 Å². The van der Waals surface area contributed by atoms with E-state index in [-0.39, 0.29) is 5.56 Å². The molecule has 0 aliphatic heterocycles. The Morgan fingerprint density at radius 1 is 0.706 bits per heavy atom. The SMILES string of the molecule is CCCC1CCC(C2CCC(c3ccc(/C(F)=C(\F)c4cc(F)c(F)c(F)c4)cc3)CC2)CC1. The van der Waals surface area contributed by atoms with Crippen LogP contribution >= 0.6 is 0 Å². The van der Waals surface area contributed by atoms with Crippen LogP contribution in [0, 0.1) is 35.2 Å². The molecule has 0 nitrogen and oxygen atoms in total. The molecule has 0 spiro atoms. The lowest BCUT2D eigenvalue weighted by Gasteiger charge is -2.38. The summed E-state index contributed by atoms with van der Waals surface area (Å²) >= 11 is 0. The van der Waals surface area contributed by atoms with Gasteiger partial charge in [-0.2, -0.15) is 0 Å². The number of halogens is 5. The first-order valence-corrected chi connectivity index (χ1v) is 12.7. The molecule has 0 unspecified atom stereocenters. The van der Waals surface area contributed by atoms with Crippen LogP contribution in [-0.4, -0.2) is 0 Å². The average Bonchev–Trinajstić information content (AvgIpc) is 2.87. The van der Waals surface area contributed by atoms with E-state index in [2.05, 4.69) is 6.92 Å². The largest absolute Gasteiger partial charge is 0.204 e. The molecule has 5 heteroatoms. The molecule has 0 saturated heterocycles. The molecule has 4 rings (SSSR count). The summed E-state index contributed by atoms with van der Waals surface area (Å²) in [5.41, 5.74) is 0.435. The van der Waals surface area contributed by atoms with Crippen LogP contribution in [0.1, 0.15) is 93.7 Å². The van der Waals surface area contributed by atoms with Crippen molar-refractivity contribution in [3.63, 3.8) is 0 Å². The highest BCUT2D eigenvalue weighted by molar-refractivity contribution is 5.83. The summed E-state index contributed by atoms with van der Waals surface area (Å²) in [5, 5.41) is 0. The summed E-state index contributed by atoms with van der Waals surface area (Å²) in [4.78, 5) is 0. The van der Waals surface area contributed by atoms with Gasteiger partial charge in [-0.1, -0.05) is 56.9 Å². The smallest absolute Gasteiger partial charge is 0.194 e. The molecule has 0 N–H and O–H groups in total. The van der Waals surface area contributed by atoms with Gasteiger partial charge in [0.15, 0.2) is 29.1 Å². The minimum Gasteiger partial charge on any atom is -0.204 e. The molecule has 2 aromatic carbocycles. The van der Waals surface area contributed by atoms with E-state index in [1.54, 1.807) is 0 Å². The zero-order chi connectivity index (χ0) is 24.2. The molecule has 184 valence electrons. The first-order chi connectivity index (χ1) is 16.4. The second-order valence-corrected chi connectivity index (χ2v) is 10.2. The van der Waals surface area contributed by atoms with Gasteiger partial charge in [0.25, 0.3) is 0 Å². The molecule has 2 aliphatic carbocycles. The lowest BCUT2D eigenvalue weighted by Crippen LogP contribution is -2.25. The molecule has 2 aromatic rings. The zero-order valence-corrected chi connectivity index (χ0v) is 19.7. The summed E-state index contributed by atoms with van der Waals surface area (Å²) in [5.74, 6) is -4.45. The zero-order valence-electron chi connectivity index (χ0n) is 19.7. The molecule has 0 radical (unpaired) electrons. The van der Waals surface area contributed by atoms with E-state index in [0.717, 1.165) is 36.2 Å². The maximum atomic E-state index is 14.7. The van der Waals surface area contributed by atoms with E-state index < -0.39 is 34.7 Å². The molecule has 2 fully saturated rings. The minimum atomic E-state index is -1.71. The first kappa shape index (κ1) is 24.9. The highest BCUT2D eigenvalue weighted by Crippen LogP contribution is 2.44. The Labute approximate surface area is 199 Å². The van der Waals surface area contributed by atoms with Crippen LogP contribution in [0.3, 0.4) is 0 Å². The van der Waals surface area contributed by atoms with Crippen LogP contribution in [0.15, 0.2) is 36.4 Å². The second-order valence-electron chi connectivity index (χ2n) is 10.2. The van der Waals surface area contributed by atoms with Crippen LogP contribution in [0.5, 0.6) is 0 Å². The quantitative estimate of drug-likeness (QED) is 0.221. The second kappa shape index (κ2) is 11.0. The van der Waals surface area contributed by atoms with Gasteiger partial charge in [0.2, 0.25) is 0 Å². The fraction of sp³-hybridized carbons (Fsp3) is 0.517. The van der Waals surface area contributed by atoms with Crippen molar-refractivity contribution in [1.82, 2.24) is 0 Å². The van der Waals surface area contributed by atoms with Crippen LogP contribution in [0.25, 0.3) is 11.7 Å². The fourth-order valence-electron chi connectivity index (χ4n) is 6.12. The first-order valence-electron chi connectivity index (χ1n) is 12.7. The molecular weight excluding hydrogens is 443 g/mol. The van der Waals surface area contributed by atoms with Crippen molar-refractivity contribution in [2.45, 2.75) is 77.0 Å². The molecule has 34 heavy (non-hydrogen) atoms. The summed E-state index contributed by atoms with van der Waals surface area (Å²) in [7, 11) is 0. The highest BCUT2D eigenvalue weighted by Gasteiger charge is 2.31. The lowest BCUT2D eigenvalue weighted by atomic mass is 9.68. The summed E-state index contributed by atoms with van der Waals surface area (Å²) in [6.07, 6.45) is 12.8. The normalized spacial score (nSPS) is 26.3. The van der Waals surface area contributed by atoms with Gasteiger partial charge in [-0.05, 0) is 79.9 Å². The van der Waals surface area contributed by atoms with Gasteiger partial charge >= 0.3 is 0 Å². The van der Waals surface area contributed by atoms with E-state index in [1.165, 1.54) is 63.5 Å². The number of benzene rings is 2. The van der Waals surface area contributed by atoms with Crippen molar-refractivity contribution >= 4 is 11.7 Å². The molecule has 0 aromatic heterocycles. The Balaban J connectivity index is 1.36. The topological polar surface area (TPSA) is 0 Å². The van der Waals surface area contributed by atoms with Crippen LogP contribution in [0.4, 0.5) is 22.0 Å². The minimum absolute atomic E-state index is 0.0103. The van der Waals surface area contributed by atoms with Gasteiger partial charge in [-0.15, -0.1) is 0 Å². The average molecular weight is 477 g/mol. The van der Waals surface area contributed by atoms with E-state index in [4.69, 9.17) is 0 Å². The van der Waals surface area contributed by atoms with E-state index in [9.17, 15) is 22.0 Å². The third-order valence-corrected chi connectivity index (χ3v) is 8.09. The monoisotopic (exact) mass is 476 g/mol. The third-order valence-electron chi connectivity index (χ3n) is 8.09. The van der Waals surface area contributed by atoms with Gasteiger partial charge in [-0.3, -0.25) is 0 Å². The summed E-state index contributed by atoms with van der Waals surface area (Å²) in [6.45, 7) is 2.27. The van der Waals surface area contributed by atoms with Gasteiger partial charge < -0.3 is 0 Å². The van der Waals surface area contributed by atoms with Crippen molar-refractivity contribution in [2.24, 2.45) is 17.8 Å². The van der Waals surface area contributed by atoms with Gasteiger partial charge in [0, 0.05) is 11.1 Å². The van der Waals surface area contributed by atoms with Crippen molar-refractivity contribution in [2.75, 3.05) is 0 Å². The molecular formula is C29H33F5. The molecule has 2 aliphatic rings. The number of hydrogen-bond donors (Lipinski definition) is 0. The van der Waals surface area contributed by atoms with Gasteiger partial charge in [0.05, 0.1) is 0 Å². The number of hydrogen-bond acceptors (Lipinski definition) is 0. The van der Waals surface area contributed by atoms with E-state index >= 15 is 0 Å². The molecule has 0 atom stereocenters. The highest BCUT2D eigenvalue weighted by atomic mass is 19.2.